The van der Waals surface area contributed by atoms with Crippen LogP contribution in [0.25, 0.3) is 0 Å². The van der Waals surface area contributed by atoms with E-state index in [4.69, 9.17) is 9.84 Å². The molecule has 1 saturated heterocycles. The summed E-state index contributed by atoms with van der Waals surface area (Å²) < 4.78 is 5.23. The zero-order valence-corrected chi connectivity index (χ0v) is 7.82. The van der Waals surface area contributed by atoms with Gasteiger partial charge in [0, 0.05) is 19.6 Å². The van der Waals surface area contributed by atoms with Crippen molar-refractivity contribution >= 4 is 5.97 Å². The number of carboxylic acid groups (broad SMARTS) is 1. The summed E-state index contributed by atoms with van der Waals surface area (Å²) in [4.78, 5) is 12.4. The number of aliphatic carboxylic acids is 1. The Kier molecular flexibility index (Phi) is 3.06. The van der Waals surface area contributed by atoms with E-state index in [0.717, 1.165) is 19.6 Å². The Bertz CT molecular complexity index is 209. The van der Waals surface area contributed by atoms with Crippen LogP contribution in [0.1, 0.15) is 6.92 Å². The third kappa shape index (κ3) is 2.82. The number of nitrogens with zero attached hydrogens (tertiary/aromatic N) is 1. The van der Waals surface area contributed by atoms with E-state index in [0.29, 0.717) is 0 Å². The van der Waals surface area contributed by atoms with Crippen LogP contribution in [0.5, 0.6) is 0 Å². The van der Waals surface area contributed by atoms with Crippen LogP contribution in [0.3, 0.4) is 0 Å². The summed E-state index contributed by atoms with van der Waals surface area (Å²) in [5.41, 5.74) is -0.276. The Morgan fingerprint density at radius 3 is 2.85 bits per heavy atom. The summed E-state index contributed by atoms with van der Waals surface area (Å²) in [7, 11) is 0. The van der Waals surface area contributed by atoms with Gasteiger partial charge in [0.05, 0.1) is 5.60 Å². The van der Waals surface area contributed by atoms with Crippen LogP contribution in [0.2, 0.25) is 0 Å². The number of ether oxygens (including phenoxy) is 1. The number of rotatable bonds is 5. The molecule has 0 aromatic heterocycles. The Balaban J connectivity index is 2.21. The topological polar surface area (TPSA) is 49.8 Å². The second-order valence-electron chi connectivity index (χ2n) is 3.59. The Morgan fingerprint density at radius 2 is 2.38 bits per heavy atom. The fourth-order valence-corrected chi connectivity index (χ4v) is 1.54. The van der Waals surface area contributed by atoms with E-state index in [1.165, 1.54) is 0 Å². The maximum atomic E-state index is 10.2. The van der Waals surface area contributed by atoms with Crippen molar-refractivity contribution in [2.75, 3.05) is 26.2 Å². The first-order valence-corrected chi connectivity index (χ1v) is 4.25. The van der Waals surface area contributed by atoms with Crippen LogP contribution < -0.4 is 0 Å². The lowest BCUT2D eigenvalue weighted by Gasteiger charge is -2.46. The van der Waals surface area contributed by atoms with E-state index in [-0.39, 0.29) is 12.2 Å². The lowest BCUT2D eigenvalue weighted by Crippen LogP contribution is -2.61. The van der Waals surface area contributed by atoms with Crippen LogP contribution in [-0.4, -0.2) is 47.8 Å². The highest BCUT2D eigenvalue weighted by Crippen LogP contribution is 2.23. The molecule has 4 heteroatoms. The zero-order chi connectivity index (χ0) is 9.90. The maximum Gasteiger partial charge on any atom is 0.329 e. The molecule has 74 valence electrons. The van der Waals surface area contributed by atoms with Gasteiger partial charge in [0.2, 0.25) is 0 Å². The Hall–Kier alpha value is -0.870. The Morgan fingerprint density at radius 1 is 1.77 bits per heavy atom. The molecule has 1 fully saturated rings. The first-order valence-electron chi connectivity index (χ1n) is 4.25. The van der Waals surface area contributed by atoms with E-state index < -0.39 is 5.97 Å². The maximum absolute atomic E-state index is 10.2. The van der Waals surface area contributed by atoms with Crippen molar-refractivity contribution in [1.29, 1.82) is 0 Å². The van der Waals surface area contributed by atoms with Gasteiger partial charge in [-0.2, -0.15) is 0 Å². The van der Waals surface area contributed by atoms with Gasteiger partial charge in [-0.25, -0.2) is 4.79 Å². The third-order valence-corrected chi connectivity index (χ3v) is 2.05. The normalized spacial score (nSPS) is 20.7. The molecular formula is C9H15NO3. The highest BCUT2D eigenvalue weighted by molar-refractivity contribution is 5.68. The second kappa shape index (κ2) is 3.89. The lowest BCUT2D eigenvalue weighted by atomic mass is 9.96. The van der Waals surface area contributed by atoms with E-state index in [2.05, 4.69) is 11.5 Å². The van der Waals surface area contributed by atoms with Gasteiger partial charge < -0.3 is 9.84 Å². The largest absolute Gasteiger partial charge is 0.480 e. The molecule has 0 saturated carbocycles. The summed E-state index contributed by atoms with van der Waals surface area (Å²) in [5, 5.41) is 8.41. The van der Waals surface area contributed by atoms with Crippen molar-refractivity contribution in [3.05, 3.63) is 12.7 Å². The average molecular weight is 185 g/mol. The molecule has 0 bridgehead atoms. The molecule has 1 aliphatic rings. The highest BCUT2D eigenvalue weighted by atomic mass is 16.5. The molecule has 0 aromatic carbocycles. The van der Waals surface area contributed by atoms with Crippen LogP contribution in [0.15, 0.2) is 12.7 Å². The van der Waals surface area contributed by atoms with E-state index in [1.54, 1.807) is 0 Å². The van der Waals surface area contributed by atoms with Crippen molar-refractivity contribution in [2.45, 2.75) is 12.5 Å². The molecule has 0 amide bonds. The van der Waals surface area contributed by atoms with Crippen molar-refractivity contribution < 1.29 is 14.6 Å². The first kappa shape index (κ1) is 10.2. The summed E-state index contributed by atoms with van der Waals surface area (Å²) in [5.74, 6) is -0.914. The molecule has 1 rings (SSSR count). The molecule has 4 nitrogen and oxygen atoms in total. The standard InChI is InChI=1S/C9H15NO3/c1-3-4-10-6-9(2,7-10)13-5-8(11)12/h3H,1,4-7H2,2H3,(H,11,12). The molecule has 0 aromatic rings. The zero-order valence-electron chi connectivity index (χ0n) is 7.82. The fraction of sp³-hybridized carbons (Fsp3) is 0.667. The smallest absolute Gasteiger partial charge is 0.329 e. The van der Waals surface area contributed by atoms with Gasteiger partial charge in [-0.1, -0.05) is 6.08 Å². The van der Waals surface area contributed by atoms with Crippen LogP contribution >= 0.6 is 0 Å². The number of likely N-dealkylation sites (tertiary alicyclic amines) is 1. The van der Waals surface area contributed by atoms with Gasteiger partial charge in [-0.3, -0.25) is 4.90 Å². The van der Waals surface area contributed by atoms with Crippen LogP contribution in [0, 0.1) is 0 Å². The Labute approximate surface area is 77.8 Å². The van der Waals surface area contributed by atoms with Crippen LogP contribution in [-0.2, 0) is 9.53 Å². The molecular weight excluding hydrogens is 170 g/mol. The van der Waals surface area contributed by atoms with Gasteiger partial charge in [0.25, 0.3) is 0 Å². The lowest BCUT2D eigenvalue weighted by molar-refractivity contribution is -0.163. The van der Waals surface area contributed by atoms with Crippen molar-refractivity contribution in [2.24, 2.45) is 0 Å². The summed E-state index contributed by atoms with van der Waals surface area (Å²) in [6.07, 6.45) is 1.83. The van der Waals surface area contributed by atoms with Gasteiger partial charge in [0.15, 0.2) is 0 Å². The summed E-state index contributed by atoms with van der Waals surface area (Å²) in [6, 6.07) is 0. The molecule has 0 atom stereocenters. The van der Waals surface area contributed by atoms with E-state index in [1.807, 2.05) is 13.0 Å². The minimum Gasteiger partial charge on any atom is -0.480 e. The van der Waals surface area contributed by atoms with Crippen molar-refractivity contribution in [3.63, 3.8) is 0 Å². The molecule has 1 aliphatic heterocycles. The minimum atomic E-state index is -0.914. The average Bonchev–Trinajstić information content (AvgIpc) is 1.99. The molecule has 0 radical (unpaired) electrons. The van der Waals surface area contributed by atoms with Gasteiger partial charge in [0.1, 0.15) is 6.61 Å². The monoisotopic (exact) mass is 185 g/mol. The van der Waals surface area contributed by atoms with Gasteiger partial charge >= 0.3 is 5.97 Å². The molecule has 0 unspecified atom stereocenters. The fourth-order valence-electron chi connectivity index (χ4n) is 1.54. The minimum absolute atomic E-state index is 0.210. The van der Waals surface area contributed by atoms with E-state index >= 15 is 0 Å². The number of hydrogen-bond donors (Lipinski definition) is 1. The quantitative estimate of drug-likeness (QED) is 0.628. The number of hydrogen-bond acceptors (Lipinski definition) is 3. The van der Waals surface area contributed by atoms with Crippen LogP contribution in [0.4, 0.5) is 0 Å². The molecule has 1 N–H and O–H groups in total. The summed E-state index contributed by atoms with van der Waals surface area (Å²) in [6.45, 7) is 7.75. The predicted octanol–water partition coefficient (Wildman–Crippen LogP) is 0.348. The molecule has 13 heavy (non-hydrogen) atoms. The first-order chi connectivity index (χ1) is 6.06. The van der Waals surface area contributed by atoms with Gasteiger partial charge in [-0.15, -0.1) is 6.58 Å². The molecule has 0 aliphatic carbocycles. The molecule has 1 heterocycles. The highest BCUT2D eigenvalue weighted by Gasteiger charge is 2.39. The van der Waals surface area contributed by atoms with Gasteiger partial charge in [-0.05, 0) is 6.92 Å². The SMILES string of the molecule is C=CCN1CC(C)(OCC(=O)O)C1. The van der Waals surface area contributed by atoms with Crippen molar-refractivity contribution in [3.8, 4) is 0 Å². The van der Waals surface area contributed by atoms with Crippen molar-refractivity contribution in [1.82, 2.24) is 4.90 Å². The number of carbonyl (C=O) groups is 1. The van der Waals surface area contributed by atoms with E-state index in [9.17, 15) is 4.79 Å². The third-order valence-electron chi connectivity index (χ3n) is 2.05. The molecule has 0 spiro atoms. The second-order valence-corrected chi connectivity index (χ2v) is 3.59. The predicted molar refractivity (Wildman–Crippen MR) is 48.6 cm³/mol. The summed E-state index contributed by atoms with van der Waals surface area (Å²) >= 11 is 0. The number of carboxylic acids is 1.